The average Bonchev–Trinajstić information content (AvgIpc) is 2.32. The van der Waals surface area contributed by atoms with Crippen molar-refractivity contribution in [3.05, 3.63) is 0 Å². The molecule has 2 fully saturated rings. The first-order valence-electron chi connectivity index (χ1n) is 7.62. The smallest absolute Gasteiger partial charge is 0.164 e. The molecular weight excluding hydrogens is 292 g/mol. The standard InChI is InChI=1S/C14H28N2O2S2/c1-11(2)8-15-9-12-4-5-13(12)16-6-7-19-10-14(16)20(3,17)18/h11-15H,4-10H2,1-3H3. The van der Waals surface area contributed by atoms with Crippen molar-refractivity contribution in [1.82, 2.24) is 10.2 Å². The maximum Gasteiger partial charge on any atom is 0.164 e. The lowest BCUT2D eigenvalue weighted by atomic mass is 9.78. The largest absolute Gasteiger partial charge is 0.316 e. The number of thioether (sulfide) groups is 1. The summed E-state index contributed by atoms with van der Waals surface area (Å²) in [7, 11) is -2.97. The van der Waals surface area contributed by atoms with E-state index in [9.17, 15) is 8.42 Å². The Hall–Kier alpha value is 0.220. The second-order valence-electron chi connectivity index (χ2n) is 6.55. The monoisotopic (exact) mass is 320 g/mol. The maximum atomic E-state index is 12.0. The molecule has 3 unspecified atom stereocenters. The Morgan fingerprint density at radius 1 is 1.35 bits per heavy atom. The first-order valence-corrected chi connectivity index (χ1v) is 10.7. The molecule has 118 valence electrons. The van der Waals surface area contributed by atoms with Gasteiger partial charge < -0.3 is 5.32 Å². The molecule has 2 rings (SSSR count). The van der Waals surface area contributed by atoms with Gasteiger partial charge in [0.25, 0.3) is 0 Å². The molecule has 1 N–H and O–H groups in total. The van der Waals surface area contributed by atoms with Crippen molar-refractivity contribution in [2.75, 3.05) is 37.4 Å². The number of hydrogen-bond acceptors (Lipinski definition) is 5. The second kappa shape index (κ2) is 6.99. The minimum atomic E-state index is -2.97. The molecular formula is C14H28N2O2S2. The molecule has 1 saturated heterocycles. The summed E-state index contributed by atoms with van der Waals surface area (Å²) in [4.78, 5) is 2.27. The van der Waals surface area contributed by atoms with E-state index in [1.165, 1.54) is 12.7 Å². The molecule has 4 nitrogen and oxygen atoms in total. The lowest BCUT2D eigenvalue weighted by Crippen LogP contribution is -2.58. The highest BCUT2D eigenvalue weighted by molar-refractivity contribution is 8.00. The quantitative estimate of drug-likeness (QED) is 0.802. The molecule has 6 heteroatoms. The van der Waals surface area contributed by atoms with Crippen LogP contribution in [0.1, 0.15) is 26.7 Å². The molecule has 0 bridgehead atoms. The van der Waals surface area contributed by atoms with E-state index in [0.717, 1.165) is 37.6 Å². The van der Waals surface area contributed by atoms with Gasteiger partial charge in [-0.2, -0.15) is 11.8 Å². The van der Waals surface area contributed by atoms with E-state index in [0.29, 0.717) is 17.9 Å². The van der Waals surface area contributed by atoms with Gasteiger partial charge in [-0.1, -0.05) is 13.8 Å². The molecule has 0 amide bonds. The van der Waals surface area contributed by atoms with Crippen molar-refractivity contribution in [2.24, 2.45) is 11.8 Å². The molecule has 20 heavy (non-hydrogen) atoms. The summed E-state index contributed by atoms with van der Waals surface area (Å²) in [6.07, 6.45) is 3.78. The van der Waals surface area contributed by atoms with Gasteiger partial charge in [0, 0.05) is 30.3 Å². The molecule has 3 atom stereocenters. The van der Waals surface area contributed by atoms with Crippen molar-refractivity contribution >= 4 is 21.6 Å². The highest BCUT2D eigenvalue weighted by atomic mass is 32.2. The fraction of sp³-hybridized carbons (Fsp3) is 1.00. The van der Waals surface area contributed by atoms with Crippen molar-refractivity contribution in [3.8, 4) is 0 Å². The van der Waals surface area contributed by atoms with Crippen LogP contribution in [0.2, 0.25) is 0 Å². The van der Waals surface area contributed by atoms with Gasteiger partial charge in [-0.05, 0) is 37.8 Å². The van der Waals surface area contributed by atoms with Gasteiger partial charge in [0.05, 0.1) is 0 Å². The summed E-state index contributed by atoms with van der Waals surface area (Å²) in [5.74, 6) is 3.10. The zero-order chi connectivity index (χ0) is 14.8. The predicted octanol–water partition coefficient (Wildman–Crippen LogP) is 1.43. The van der Waals surface area contributed by atoms with Gasteiger partial charge in [0.1, 0.15) is 5.37 Å². The van der Waals surface area contributed by atoms with Gasteiger partial charge >= 0.3 is 0 Å². The third-order valence-electron chi connectivity index (χ3n) is 4.38. The van der Waals surface area contributed by atoms with Crippen molar-refractivity contribution in [1.29, 1.82) is 0 Å². The minimum Gasteiger partial charge on any atom is -0.316 e. The zero-order valence-electron chi connectivity index (χ0n) is 12.8. The minimum absolute atomic E-state index is 0.265. The second-order valence-corrected chi connectivity index (χ2v) is 9.91. The van der Waals surface area contributed by atoms with Crippen LogP contribution >= 0.6 is 11.8 Å². The third-order valence-corrected chi connectivity index (χ3v) is 7.04. The molecule has 0 radical (unpaired) electrons. The summed E-state index contributed by atoms with van der Waals surface area (Å²) < 4.78 is 24.0. The lowest BCUT2D eigenvalue weighted by molar-refractivity contribution is 0.0583. The van der Waals surface area contributed by atoms with Gasteiger partial charge in [0.2, 0.25) is 0 Å². The highest BCUT2D eigenvalue weighted by Gasteiger charge is 2.42. The Morgan fingerprint density at radius 3 is 2.65 bits per heavy atom. The zero-order valence-corrected chi connectivity index (χ0v) is 14.5. The normalized spacial score (nSPS) is 32.3. The summed E-state index contributed by atoms with van der Waals surface area (Å²) >= 11 is 1.77. The lowest BCUT2D eigenvalue weighted by Gasteiger charge is -2.48. The van der Waals surface area contributed by atoms with Crippen molar-refractivity contribution in [2.45, 2.75) is 38.1 Å². The number of nitrogens with zero attached hydrogens (tertiary/aromatic N) is 1. The van der Waals surface area contributed by atoms with E-state index in [-0.39, 0.29) is 5.37 Å². The average molecular weight is 321 g/mol. The number of hydrogen-bond donors (Lipinski definition) is 1. The summed E-state index contributed by atoms with van der Waals surface area (Å²) in [6, 6.07) is 0.468. The SMILES string of the molecule is CC(C)CNCC1CCC1N1CCSCC1S(C)(=O)=O. The van der Waals surface area contributed by atoms with E-state index in [1.807, 2.05) is 0 Å². The Balaban J connectivity index is 1.92. The molecule has 1 saturated carbocycles. The first kappa shape index (κ1) is 16.6. The molecule has 0 spiro atoms. The van der Waals surface area contributed by atoms with Gasteiger partial charge in [-0.3, -0.25) is 4.90 Å². The van der Waals surface area contributed by atoms with E-state index in [2.05, 4.69) is 24.1 Å². The molecule has 1 heterocycles. The molecule has 0 aromatic rings. The molecule has 1 aliphatic heterocycles. The van der Waals surface area contributed by atoms with E-state index >= 15 is 0 Å². The van der Waals surface area contributed by atoms with Crippen LogP contribution in [0.25, 0.3) is 0 Å². The Bertz CT molecular complexity index is 411. The molecule has 2 aliphatic rings. The third kappa shape index (κ3) is 4.12. The van der Waals surface area contributed by atoms with Gasteiger partial charge in [0.15, 0.2) is 9.84 Å². The molecule has 0 aromatic carbocycles. The van der Waals surface area contributed by atoms with Gasteiger partial charge in [-0.25, -0.2) is 8.42 Å². The summed E-state index contributed by atoms with van der Waals surface area (Å²) in [6.45, 7) is 7.44. The number of rotatable bonds is 6. The summed E-state index contributed by atoms with van der Waals surface area (Å²) in [5.41, 5.74) is 0. The summed E-state index contributed by atoms with van der Waals surface area (Å²) in [5, 5.41) is 3.26. The van der Waals surface area contributed by atoms with Crippen LogP contribution in [0, 0.1) is 11.8 Å². The van der Waals surface area contributed by atoms with Crippen LogP contribution in [-0.2, 0) is 9.84 Å². The van der Waals surface area contributed by atoms with Crippen LogP contribution < -0.4 is 5.32 Å². The van der Waals surface area contributed by atoms with Gasteiger partial charge in [-0.15, -0.1) is 0 Å². The predicted molar refractivity (Wildman–Crippen MR) is 86.9 cm³/mol. The van der Waals surface area contributed by atoms with Crippen LogP contribution in [0.3, 0.4) is 0 Å². The van der Waals surface area contributed by atoms with Crippen LogP contribution in [-0.4, -0.2) is 62.1 Å². The number of sulfone groups is 1. The fourth-order valence-electron chi connectivity index (χ4n) is 3.13. The molecule has 1 aliphatic carbocycles. The van der Waals surface area contributed by atoms with Crippen LogP contribution in [0.15, 0.2) is 0 Å². The Labute approximate surface area is 128 Å². The van der Waals surface area contributed by atoms with E-state index < -0.39 is 9.84 Å². The van der Waals surface area contributed by atoms with E-state index in [1.54, 1.807) is 11.8 Å². The van der Waals surface area contributed by atoms with Crippen molar-refractivity contribution in [3.63, 3.8) is 0 Å². The molecule has 0 aromatic heterocycles. The van der Waals surface area contributed by atoms with Crippen molar-refractivity contribution < 1.29 is 8.42 Å². The van der Waals surface area contributed by atoms with Crippen LogP contribution in [0.4, 0.5) is 0 Å². The Kier molecular flexibility index (Phi) is 5.79. The van der Waals surface area contributed by atoms with Crippen LogP contribution in [0.5, 0.6) is 0 Å². The fourth-order valence-corrected chi connectivity index (χ4v) is 6.06. The maximum absolute atomic E-state index is 12.0. The number of nitrogens with one attached hydrogen (secondary N) is 1. The van der Waals surface area contributed by atoms with E-state index in [4.69, 9.17) is 0 Å². The highest BCUT2D eigenvalue weighted by Crippen LogP contribution is 2.36. The Morgan fingerprint density at radius 2 is 2.10 bits per heavy atom. The first-order chi connectivity index (χ1) is 9.39. The topological polar surface area (TPSA) is 49.4 Å².